The smallest absolute Gasteiger partial charge is 0.338 e. The van der Waals surface area contributed by atoms with Gasteiger partial charge in [-0.1, -0.05) is 41.4 Å². The van der Waals surface area contributed by atoms with Gasteiger partial charge in [0.25, 0.3) is 5.91 Å². The molecule has 2 rings (SSSR count). The van der Waals surface area contributed by atoms with Gasteiger partial charge in [0.15, 0.2) is 6.61 Å². The Morgan fingerprint density at radius 1 is 1.08 bits per heavy atom. The molecule has 0 saturated heterocycles. The number of hydrogen-bond acceptors (Lipinski definition) is 4. The van der Waals surface area contributed by atoms with Crippen molar-refractivity contribution in [2.24, 2.45) is 0 Å². The molecule has 2 aromatic rings. The van der Waals surface area contributed by atoms with Gasteiger partial charge < -0.3 is 9.64 Å². The molecule has 7 heteroatoms. The Morgan fingerprint density at radius 3 is 2.32 bits per heavy atom. The van der Waals surface area contributed by atoms with E-state index in [4.69, 9.17) is 33.2 Å². The summed E-state index contributed by atoms with van der Waals surface area (Å²) < 4.78 is 5.05. The van der Waals surface area contributed by atoms with E-state index in [1.807, 2.05) is 12.1 Å². The number of para-hydroxylation sites is 1. The number of ether oxygens (including phenoxy) is 1. The van der Waals surface area contributed by atoms with Crippen molar-refractivity contribution in [2.75, 3.05) is 18.1 Å². The molecule has 0 atom stereocenters. The average Bonchev–Trinajstić information content (AvgIpc) is 2.60. The van der Waals surface area contributed by atoms with Crippen molar-refractivity contribution < 1.29 is 14.3 Å². The largest absolute Gasteiger partial charge is 0.452 e. The van der Waals surface area contributed by atoms with Crippen molar-refractivity contribution >= 4 is 40.8 Å². The predicted octanol–water partition coefficient (Wildman–Crippen LogP) is 4.10. The number of benzene rings is 2. The van der Waals surface area contributed by atoms with Crippen LogP contribution in [0.1, 0.15) is 16.8 Å². The summed E-state index contributed by atoms with van der Waals surface area (Å²) in [5, 5.41) is 9.36. The van der Waals surface area contributed by atoms with Crippen LogP contribution in [0.3, 0.4) is 0 Å². The first kappa shape index (κ1) is 18.8. The van der Waals surface area contributed by atoms with E-state index < -0.39 is 18.5 Å². The molecule has 0 radical (unpaired) electrons. The Hall–Kier alpha value is -2.55. The minimum atomic E-state index is -0.703. The van der Waals surface area contributed by atoms with Gasteiger partial charge in [0.1, 0.15) is 0 Å². The zero-order valence-corrected chi connectivity index (χ0v) is 14.6. The summed E-state index contributed by atoms with van der Waals surface area (Å²) in [4.78, 5) is 25.9. The summed E-state index contributed by atoms with van der Waals surface area (Å²) in [6, 6.07) is 15.2. The Balaban J connectivity index is 2.05. The van der Waals surface area contributed by atoms with Crippen molar-refractivity contribution in [1.29, 1.82) is 5.26 Å². The number of anilines is 1. The maximum absolute atomic E-state index is 12.4. The van der Waals surface area contributed by atoms with Crippen LogP contribution in [0.2, 0.25) is 10.0 Å². The van der Waals surface area contributed by atoms with Crippen LogP contribution in [0.15, 0.2) is 48.5 Å². The molecule has 0 bridgehead atoms. The first-order chi connectivity index (χ1) is 12.0. The molecule has 0 aromatic heterocycles. The fraction of sp³-hybridized carbons (Fsp3) is 0.167. The Bertz CT molecular complexity index is 783. The molecule has 0 saturated carbocycles. The van der Waals surface area contributed by atoms with Gasteiger partial charge in [-0.05, 0) is 30.3 Å². The summed E-state index contributed by atoms with van der Waals surface area (Å²) in [6.07, 6.45) is 0.165. The summed E-state index contributed by atoms with van der Waals surface area (Å²) in [6.45, 7) is -0.247. The van der Waals surface area contributed by atoms with Crippen LogP contribution in [-0.2, 0) is 9.53 Å². The lowest BCUT2D eigenvalue weighted by Gasteiger charge is -2.21. The lowest BCUT2D eigenvalue weighted by atomic mass is 10.2. The lowest BCUT2D eigenvalue weighted by molar-refractivity contribution is -0.121. The second-order valence-corrected chi connectivity index (χ2v) is 5.90. The van der Waals surface area contributed by atoms with E-state index in [1.54, 1.807) is 24.3 Å². The summed E-state index contributed by atoms with van der Waals surface area (Å²) in [7, 11) is 0. The molecule has 0 aliphatic heterocycles. The first-order valence-corrected chi connectivity index (χ1v) is 8.12. The molecular formula is C18H14Cl2N2O3. The summed E-state index contributed by atoms with van der Waals surface area (Å²) >= 11 is 11.7. The molecule has 1 amide bonds. The molecule has 0 N–H and O–H groups in total. The van der Waals surface area contributed by atoms with Crippen LogP contribution >= 0.6 is 23.2 Å². The van der Waals surface area contributed by atoms with E-state index >= 15 is 0 Å². The zero-order chi connectivity index (χ0) is 18.2. The van der Waals surface area contributed by atoms with Gasteiger partial charge in [0.05, 0.1) is 18.1 Å². The van der Waals surface area contributed by atoms with E-state index in [0.717, 1.165) is 0 Å². The van der Waals surface area contributed by atoms with Crippen LogP contribution in [0, 0.1) is 11.3 Å². The molecule has 25 heavy (non-hydrogen) atoms. The normalized spacial score (nSPS) is 9.96. The third kappa shape index (κ3) is 5.49. The highest BCUT2D eigenvalue weighted by Gasteiger charge is 2.18. The molecule has 0 unspecified atom stereocenters. The van der Waals surface area contributed by atoms with Gasteiger partial charge in [0.2, 0.25) is 0 Å². The topological polar surface area (TPSA) is 70.4 Å². The van der Waals surface area contributed by atoms with Gasteiger partial charge in [-0.15, -0.1) is 0 Å². The quantitative estimate of drug-likeness (QED) is 0.711. The number of halogens is 2. The number of nitrogens with zero attached hydrogens (tertiary/aromatic N) is 2. The van der Waals surface area contributed by atoms with Gasteiger partial charge in [0, 0.05) is 22.3 Å². The van der Waals surface area contributed by atoms with E-state index in [0.29, 0.717) is 15.7 Å². The molecular weight excluding hydrogens is 363 g/mol. The van der Waals surface area contributed by atoms with Crippen molar-refractivity contribution in [3.8, 4) is 6.07 Å². The minimum Gasteiger partial charge on any atom is -0.452 e. The maximum atomic E-state index is 12.4. The van der Waals surface area contributed by atoms with Crippen LogP contribution < -0.4 is 4.90 Å². The molecule has 5 nitrogen and oxygen atoms in total. The number of esters is 1. The van der Waals surface area contributed by atoms with E-state index in [1.165, 1.54) is 23.1 Å². The highest BCUT2D eigenvalue weighted by atomic mass is 35.5. The molecule has 0 aliphatic rings. The van der Waals surface area contributed by atoms with Gasteiger partial charge in [-0.25, -0.2) is 4.79 Å². The highest BCUT2D eigenvalue weighted by molar-refractivity contribution is 6.35. The third-order valence-corrected chi connectivity index (χ3v) is 3.68. The maximum Gasteiger partial charge on any atom is 0.338 e. The number of nitriles is 1. The number of rotatable bonds is 6. The molecule has 0 heterocycles. The predicted molar refractivity (Wildman–Crippen MR) is 95.8 cm³/mol. The minimum absolute atomic E-state index is 0.161. The molecule has 2 aromatic carbocycles. The Morgan fingerprint density at radius 2 is 1.72 bits per heavy atom. The fourth-order valence-corrected chi connectivity index (χ4v) is 2.65. The average molecular weight is 377 g/mol. The van der Waals surface area contributed by atoms with E-state index in [-0.39, 0.29) is 18.5 Å². The monoisotopic (exact) mass is 376 g/mol. The van der Waals surface area contributed by atoms with Crippen molar-refractivity contribution in [2.45, 2.75) is 6.42 Å². The van der Waals surface area contributed by atoms with Gasteiger partial charge >= 0.3 is 5.97 Å². The fourth-order valence-electron chi connectivity index (χ4n) is 2.13. The standard InChI is InChI=1S/C18H14Cl2N2O3/c19-14-9-13(10-15(20)11-14)18(24)25-12-17(23)22(8-4-7-21)16-5-2-1-3-6-16/h1-3,5-6,9-11H,4,8,12H2. The number of amides is 1. The van der Waals surface area contributed by atoms with Crippen LogP contribution in [0.25, 0.3) is 0 Å². The van der Waals surface area contributed by atoms with E-state index in [9.17, 15) is 9.59 Å². The van der Waals surface area contributed by atoms with Crippen LogP contribution in [0.4, 0.5) is 5.69 Å². The van der Waals surface area contributed by atoms with Crippen molar-refractivity contribution in [3.05, 3.63) is 64.1 Å². The lowest BCUT2D eigenvalue weighted by Crippen LogP contribution is -2.35. The molecule has 0 spiro atoms. The van der Waals surface area contributed by atoms with Crippen molar-refractivity contribution in [1.82, 2.24) is 0 Å². The summed E-state index contributed by atoms with van der Waals surface area (Å²) in [5.41, 5.74) is 0.790. The number of carbonyl (C=O) groups is 2. The van der Waals surface area contributed by atoms with Gasteiger partial charge in [-0.3, -0.25) is 4.79 Å². The van der Waals surface area contributed by atoms with Crippen LogP contribution in [-0.4, -0.2) is 25.0 Å². The third-order valence-electron chi connectivity index (χ3n) is 3.24. The zero-order valence-electron chi connectivity index (χ0n) is 13.1. The number of carbonyl (C=O) groups excluding carboxylic acids is 2. The molecule has 128 valence electrons. The first-order valence-electron chi connectivity index (χ1n) is 7.37. The Labute approximate surface area is 155 Å². The number of hydrogen-bond donors (Lipinski definition) is 0. The second kappa shape index (κ2) is 9.07. The summed E-state index contributed by atoms with van der Waals surface area (Å²) in [5.74, 6) is -1.13. The highest BCUT2D eigenvalue weighted by Crippen LogP contribution is 2.20. The van der Waals surface area contributed by atoms with E-state index in [2.05, 4.69) is 0 Å². The van der Waals surface area contributed by atoms with Crippen LogP contribution in [0.5, 0.6) is 0 Å². The molecule has 0 aliphatic carbocycles. The molecule has 0 fully saturated rings. The van der Waals surface area contributed by atoms with Gasteiger partial charge in [-0.2, -0.15) is 5.26 Å². The SMILES string of the molecule is N#CCCN(C(=O)COC(=O)c1cc(Cl)cc(Cl)c1)c1ccccc1. The second-order valence-electron chi connectivity index (χ2n) is 5.02. The van der Waals surface area contributed by atoms with Crippen molar-refractivity contribution in [3.63, 3.8) is 0 Å². The Kier molecular flexibility index (Phi) is 6.81.